The van der Waals surface area contributed by atoms with Gasteiger partial charge in [0.1, 0.15) is 16.4 Å². The molecule has 3 rings (SSSR count). The first-order valence-electron chi connectivity index (χ1n) is 7.71. The van der Waals surface area contributed by atoms with Gasteiger partial charge in [-0.2, -0.15) is 0 Å². The second-order valence-electron chi connectivity index (χ2n) is 6.15. The Morgan fingerprint density at radius 3 is 2.04 bits per heavy atom. The predicted octanol–water partition coefficient (Wildman–Crippen LogP) is 0.318. The van der Waals surface area contributed by atoms with E-state index in [0.29, 0.717) is 37.1 Å². The molecule has 24 heavy (non-hydrogen) atoms. The number of benzene rings is 1. The Morgan fingerprint density at radius 2 is 1.58 bits per heavy atom. The highest BCUT2D eigenvalue weighted by atomic mass is 32.2. The maximum absolute atomic E-state index is 12.4. The second kappa shape index (κ2) is 6.01. The van der Waals surface area contributed by atoms with Gasteiger partial charge in [-0.1, -0.05) is 12.1 Å². The number of imide groups is 1. The lowest BCUT2D eigenvalue weighted by Gasteiger charge is -2.32. The van der Waals surface area contributed by atoms with Gasteiger partial charge >= 0.3 is 0 Å². The normalized spacial score (nSPS) is 18.9. The number of hydrogen-bond donors (Lipinski definition) is 0. The molecule has 3 amide bonds. The van der Waals surface area contributed by atoms with Crippen molar-refractivity contribution >= 4 is 27.6 Å². The van der Waals surface area contributed by atoms with Crippen molar-refractivity contribution in [2.75, 3.05) is 25.9 Å². The zero-order valence-electron chi connectivity index (χ0n) is 13.3. The number of carbonyl (C=O) groups is 3. The Morgan fingerprint density at radius 1 is 1.08 bits per heavy atom. The van der Waals surface area contributed by atoms with E-state index in [1.165, 1.54) is 11.2 Å². The number of carbonyl (C=O) groups excluding carboxylic acids is 3. The van der Waals surface area contributed by atoms with E-state index in [4.69, 9.17) is 0 Å². The topological polar surface area (TPSA) is 91.8 Å². The molecule has 1 fully saturated rings. The Balaban J connectivity index is 1.65. The molecule has 7 nitrogen and oxygen atoms in total. The van der Waals surface area contributed by atoms with Gasteiger partial charge in [-0.25, -0.2) is 8.42 Å². The first-order chi connectivity index (χ1) is 11.3. The minimum atomic E-state index is -3.11. The summed E-state index contributed by atoms with van der Waals surface area (Å²) in [4.78, 5) is 39.4. The summed E-state index contributed by atoms with van der Waals surface area (Å²) >= 11 is 0. The van der Waals surface area contributed by atoms with E-state index in [9.17, 15) is 22.8 Å². The third-order valence-electron chi connectivity index (χ3n) is 4.57. The number of piperidine rings is 1. The van der Waals surface area contributed by atoms with Crippen LogP contribution in [0.15, 0.2) is 24.3 Å². The molecule has 2 aliphatic rings. The van der Waals surface area contributed by atoms with Crippen LogP contribution in [0, 0.1) is 0 Å². The van der Waals surface area contributed by atoms with E-state index in [-0.39, 0.29) is 12.5 Å². The molecule has 1 aromatic carbocycles. The molecule has 0 spiro atoms. The van der Waals surface area contributed by atoms with Crippen LogP contribution in [-0.4, -0.2) is 67.1 Å². The number of rotatable bonds is 3. The van der Waals surface area contributed by atoms with Crippen molar-refractivity contribution in [2.45, 2.75) is 18.1 Å². The first kappa shape index (κ1) is 16.6. The van der Waals surface area contributed by atoms with Crippen molar-refractivity contribution in [3.63, 3.8) is 0 Å². The number of nitrogens with zero attached hydrogens (tertiary/aromatic N) is 2. The van der Waals surface area contributed by atoms with Crippen LogP contribution in [0.4, 0.5) is 0 Å². The van der Waals surface area contributed by atoms with Crippen molar-refractivity contribution < 1.29 is 22.8 Å². The van der Waals surface area contributed by atoms with E-state index in [0.717, 1.165) is 4.90 Å². The summed E-state index contributed by atoms with van der Waals surface area (Å²) in [5.74, 6) is -1.26. The van der Waals surface area contributed by atoms with E-state index in [2.05, 4.69) is 0 Å². The summed E-state index contributed by atoms with van der Waals surface area (Å²) in [5.41, 5.74) is 0.622. The predicted molar refractivity (Wildman–Crippen MR) is 86.3 cm³/mol. The summed E-state index contributed by atoms with van der Waals surface area (Å²) in [6, 6.07) is 6.48. The van der Waals surface area contributed by atoms with Crippen LogP contribution in [0.5, 0.6) is 0 Å². The molecule has 0 N–H and O–H groups in total. The van der Waals surface area contributed by atoms with Gasteiger partial charge < -0.3 is 4.90 Å². The Hall–Kier alpha value is -2.22. The monoisotopic (exact) mass is 350 g/mol. The summed E-state index contributed by atoms with van der Waals surface area (Å²) < 4.78 is 23.1. The molecule has 0 saturated carbocycles. The van der Waals surface area contributed by atoms with Gasteiger partial charge in [0.15, 0.2) is 0 Å². The largest absolute Gasteiger partial charge is 0.341 e. The standard InChI is InChI=1S/C16H18N2O5S/c1-24(22,23)11-6-8-17(9-7-11)14(19)10-18-15(20)12-4-2-3-5-13(12)16(18)21/h2-5,11H,6-10H2,1H3. The average Bonchev–Trinajstić information content (AvgIpc) is 2.79. The van der Waals surface area contributed by atoms with Crippen molar-refractivity contribution in [2.24, 2.45) is 0 Å². The molecule has 0 radical (unpaired) electrons. The highest BCUT2D eigenvalue weighted by Gasteiger charge is 2.37. The number of hydrogen-bond acceptors (Lipinski definition) is 5. The van der Waals surface area contributed by atoms with Gasteiger partial charge in [-0.05, 0) is 25.0 Å². The smallest absolute Gasteiger partial charge is 0.262 e. The average molecular weight is 350 g/mol. The van der Waals surface area contributed by atoms with Crippen LogP contribution in [-0.2, 0) is 14.6 Å². The van der Waals surface area contributed by atoms with Crippen LogP contribution in [0.3, 0.4) is 0 Å². The minimum Gasteiger partial charge on any atom is -0.341 e. The molecular weight excluding hydrogens is 332 g/mol. The van der Waals surface area contributed by atoms with Gasteiger partial charge in [-0.15, -0.1) is 0 Å². The van der Waals surface area contributed by atoms with E-state index in [1.807, 2.05) is 0 Å². The fourth-order valence-corrected chi connectivity index (χ4v) is 4.22. The van der Waals surface area contributed by atoms with Crippen LogP contribution in [0.2, 0.25) is 0 Å². The number of sulfone groups is 1. The molecule has 0 aliphatic carbocycles. The van der Waals surface area contributed by atoms with Crippen molar-refractivity contribution in [1.82, 2.24) is 9.80 Å². The van der Waals surface area contributed by atoms with Crippen LogP contribution < -0.4 is 0 Å². The summed E-state index contributed by atoms with van der Waals surface area (Å²) in [5, 5.41) is -0.430. The van der Waals surface area contributed by atoms with Crippen LogP contribution in [0.25, 0.3) is 0 Å². The van der Waals surface area contributed by atoms with Crippen LogP contribution >= 0.6 is 0 Å². The van der Waals surface area contributed by atoms with Crippen molar-refractivity contribution in [3.8, 4) is 0 Å². The molecule has 0 atom stereocenters. The maximum Gasteiger partial charge on any atom is 0.262 e. The van der Waals surface area contributed by atoms with Gasteiger partial charge in [0.2, 0.25) is 5.91 Å². The van der Waals surface area contributed by atoms with Gasteiger partial charge in [0.25, 0.3) is 11.8 Å². The number of likely N-dealkylation sites (tertiary alicyclic amines) is 1. The second-order valence-corrected chi connectivity index (χ2v) is 8.48. The molecular formula is C16H18N2O5S. The SMILES string of the molecule is CS(=O)(=O)C1CCN(C(=O)CN2C(=O)c3ccccc3C2=O)CC1. The van der Waals surface area contributed by atoms with E-state index >= 15 is 0 Å². The van der Waals surface area contributed by atoms with Crippen molar-refractivity contribution in [1.29, 1.82) is 0 Å². The molecule has 2 heterocycles. The number of fused-ring (bicyclic) bond motifs is 1. The summed E-state index contributed by atoms with van der Waals surface area (Å²) in [7, 11) is -3.11. The fraction of sp³-hybridized carbons (Fsp3) is 0.438. The summed E-state index contributed by atoms with van der Waals surface area (Å²) in [6.45, 7) is 0.329. The zero-order valence-corrected chi connectivity index (χ0v) is 14.1. The lowest BCUT2D eigenvalue weighted by atomic mass is 10.1. The Bertz CT molecular complexity index is 775. The summed E-state index contributed by atoms with van der Waals surface area (Å²) in [6.07, 6.45) is 1.97. The zero-order chi connectivity index (χ0) is 17.5. The van der Waals surface area contributed by atoms with Crippen LogP contribution in [0.1, 0.15) is 33.6 Å². The molecule has 0 unspecified atom stereocenters. The molecule has 1 aromatic rings. The van der Waals surface area contributed by atoms with Gasteiger partial charge in [-0.3, -0.25) is 19.3 Å². The molecule has 0 bridgehead atoms. The fourth-order valence-electron chi connectivity index (χ4n) is 3.15. The van der Waals surface area contributed by atoms with E-state index < -0.39 is 26.9 Å². The maximum atomic E-state index is 12.4. The van der Waals surface area contributed by atoms with E-state index in [1.54, 1.807) is 24.3 Å². The highest BCUT2D eigenvalue weighted by Crippen LogP contribution is 2.23. The molecule has 128 valence electrons. The number of amides is 3. The van der Waals surface area contributed by atoms with Gasteiger partial charge in [0, 0.05) is 19.3 Å². The first-order valence-corrected chi connectivity index (χ1v) is 9.66. The van der Waals surface area contributed by atoms with Crippen molar-refractivity contribution in [3.05, 3.63) is 35.4 Å². The molecule has 0 aromatic heterocycles. The third kappa shape index (κ3) is 2.93. The molecule has 2 aliphatic heterocycles. The lowest BCUT2D eigenvalue weighted by molar-refractivity contribution is -0.132. The highest BCUT2D eigenvalue weighted by molar-refractivity contribution is 7.91. The molecule has 1 saturated heterocycles. The minimum absolute atomic E-state index is 0.310. The quantitative estimate of drug-likeness (QED) is 0.732. The van der Waals surface area contributed by atoms with Gasteiger partial charge in [0.05, 0.1) is 16.4 Å². The Kier molecular flexibility index (Phi) is 4.16. The Labute approximate surface area is 140 Å². The lowest BCUT2D eigenvalue weighted by Crippen LogP contribution is -2.47. The third-order valence-corrected chi connectivity index (χ3v) is 6.25. The molecule has 8 heteroatoms.